The average Bonchev–Trinajstić information content (AvgIpc) is 3.35. The molecule has 148 valence electrons. The van der Waals surface area contributed by atoms with Gasteiger partial charge in [0.25, 0.3) is 0 Å². The number of imide groups is 1. The van der Waals surface area contributed by atoms with Crippen LogP contribution >= 0.6 is 0 Å². The standard InChI is InChI=1S/C23H23N3O3/c27-21-9-4-11-26(21)22(28)15-25-12-10-18(14-25)29-20-8-3-6-17-13-16-5-1-2-7-19(16)24-23(17)20/h1-3,5-8,13,18H,4,9-12,14-15H2/t18-/m0/s1. The van der Waals surface area contributed by atoms with Crippen LogP contribution in [0, 0.1) is 0 Å². The second-order valence-electron chi connectivity index (χ2n) is 7.82. The number of hydrogen-bond donors (Lipinski definition) is 0. The summed E-state index contributed by atoms with van der Waals surface area (Å²) in [5.74, 6) is 0.642. The molecule has 0 saturated carbocycles. The van der Waals surface area contributed by atoms with Gasteiger partial charge in [0, 0.05) is 36.8 Å². The first-order chi connectivity index (χ1) is 14.2. The third-order valence-electron chi connectivity index (χ3n) is 5.77. The highest BCUT2D eigenvalue weighted by molar-refractivity contribution is 5.97. The number of para-hydroxylation sites is 2. The summed E-state index contributed by atoms with van der Waals surface area (Å²) < 4.78 is 6.30. The Morgan fingerprint density at radius 1 is 1.10 bits per heavy atom. The molecule has 2 aliphatic rings. The van der Waals surface area contributed by atoms with Crippen molar-refractivity contribution in [2.75, 3.05) is 26.2 Å². The van der Waals surface area contributed by atoms with E-state index in [1.165, 1.54) is 4.90 Å². The van der Waals surface area contributed by atoms with Crippen LogP contribution in [0.25, 0.3) is 21.8 Å². The van der Waals surface area contributed by atoms with Gasteiger partial charge < -0.3 is 4.74 Å². The maximum absolute atomic E-state index is 12.4. The van der Waals surface area contributed by atoms with Gasteiger partial charge in [0.1, 0.15) is 17.4 Å². The molecule has 2 saturated heterocycles. The zero-order chi connectivity index (χ0) is 19.8. The Kier molecular flexibility index (Phi) is 4.64. The van der Waals surface area contributed by atoms with E-state index in [-0.39, 0.29) is 24.5 Å². The predicted octanol–water partition coefficient (Wildman–Crippen LogP) is 2.99. The molecule has 2 amide bonds. The summed E-state index contributed by atoms with van der Waals surface area (Å²) in [6.07, 6.45) is 2.13. The number of aromatic nitrogens is 1. The van der Waals surface area contributed by atoms with Gasteiger partial charge in [0.15, 0.2) is 0 Å². The Labute approximate surface area is 169 Å². The summed E-state index contributed by atoms with van der Waals surface area (Å²) in [4.78, 5) is 32.4. The van der Waals surface area contributed by atoms with E-state index < -0.39 is 0 Å². The first-order valence-electron chi connectivity index (χ1n) is 10.2. The normalized spacial score (nSPS) is 20.1. The van der Waals surface area contributed by atoms with E-state index in [0.717, 1.165) is 46.9 Å². The number of carbonyl (C=O) groups is 2. The maximum Gasteiger partial charge on any atom is 0.243 e. The summed E-state index contributed by atoms with van der Waals surface area (Å²) in [5, 5.41) is 2.16. The number of likely N-dealkylation sites (tertiary alicyclic amines) is 2. The second kappa shape index (κ2) is 7.44. The van der Waals surface area contributed by atoms with Crippen LogP contribution in [-0.4, -0.2) is 58.9 Å². The Balaban J connectivity index is 1.29. The Hall–Kier alpha value is -2.99. The van der Waals surface area contributed by atoms with Crippen molar-refractivity contribution in [2.24, 2.45) is 0 Å². The fraction of sp³-hybridized carbons (Fsp3) is 0.348. The number of nitrogens with zero attached hydrogens (tertiary/aromatic N) is 3. The van der Waals surface area contributed by atoms with E-state index in [9.17, 15) is 9.59 Å². The van der Waals surface area contributed by atoms with Gasteiger partial charge in [0.2, 0.25) is 11.8 Å². The minimum Gasteiger partial charge on any atom is -0.487 e. The fourth-order valence-electron chi connectivity index (χ4n) is 4.27. The van der Waals surface area contributed by atoms with Gasteiger partial charge in [-0.2, -0.15) is 0 Å². The first kappa shape index (κ1) is 18.1. The van der Waals surface area contributed by atoms with Crippen LogP contribution < -0.4 is 4.74 Å². The van der Waals surface area contributed by atoms with Crippen molar-refractivity contribution in [1.82, 2.24) is 14.8 Å². The summed E-state index contributed by atoms with van der Waals surface area (Å²) in [6, 6.07) is 16.2. The number of rotatable bonds is 4. The van der Waals surface area contributed by atoms with Crippen molar-refractivity contribution in [3.8, 4) is 5.75 Å². The van der Waals surface area contributed by atoms with Crippen LogP contribution in [0.4, 0.5) is 0 Å². The lowest BCUT2D eigenvalue weighted by atomic mass is 10.1. The molecule has 0 aliphatic carbocycles. The number of amides is 2. The average molecular weight is 389 g/mol. The second-order valence-corrected chi connectivity index (χ2v) is 7.82. The summed E-state index contributed by atoms with van der Waals surface area (Å²) in [5.41, 5.74) is 1.81. The van der Waals surface area contributed by atoms with E-state index in [1.54, 1.807) is 0 Å². The number of carbonyl (C=O) groups excluding carboxylic acids is 2. The quantitative estimate of drug-likeness (QED) is 0.642. The summed E-state index contributed by atoms with van der Waals surface area (Å²) in [6.45, 7) is 2.31. The SMILES string of the molecule is O=C1CCCN1C(=O)CN1CC[C@H](Oc2cccc3cc4ccccc4nc23)C1. The largest absolute Gasteiger partial charge is 0.487 e. The number of ether oxygens (including phenoxy) is 1. The molecule has 5 rings (SSSR count). The lowest BCUT2D eigenvalue weighted by Crippen LogP contribution is -2.40. The fourth-order valence-corrected chi connectivity index (χ4v) is 4.27. The predicted molar refractivity (Wildman–Crippen MR) is 111 cm³/mol. The number of pyridine rings is 1. The lowest BCUT2D eigenvalue weighted by molar-refractivity contribution is -0.142. The molecule has 6 heteroatoms. The molecule has 0 N–H and O–H groups in total. The highest BCUT2D eigenvalue weighted by atomic mass is 16.5. The van der Waals surface area contributed by atoms with E-state index in [4.69, 9.17) is 9.72 Å². The molecule has 0 unspecified atom stereocenters. The van der Waals surface area contributed by atoms with Crippen molar-refractivity contribution in [2.45, 2.75) is 25.4 Å². The van der Waals surface area contributed by atoms with Crippen molar-refractivity contribution < 1.29 is 14.3 Å². The zero-order valence-corrected chi connectivity index (χ0v) is 16.2. The van der Waals surface area contributed by atoms with Gasteiger partial charge in [0.05, 0.1) is 12.1 Å². The molecule has 6 nitrogen and oxygen atoms in total. The molecule has 3 aromatic rings. The number of benzene rings is 2. The molecule has 29 heavy (non-hydrogen) atoms. The molecule has 3 heterocycles. The van der Waals surface area contributed by atoms with Crippen molar-refractivity contribution in [3.05, 3.63) is 48.5 Å². The van der Waals surface area contributed by atoms with Gasteiger partial charge >= 0.3 is 0 Å². The zero-order valence-electron chi connectivity index (χ0n) is 16.2. The van der Waals surface area contributed by atoms with Gasteiger partial charge in [-0.3, -0.25) is 19.4 Å². The first-order valence-corrected chi connectivity index (χ1v) is 10.2. The molecule has 0 radical (unpaired) electrons. The molecule has 1 aromatic heterocycles. The van der Waals surface area contributed by atoms with Crippen molar-refractivity contribution in [1.29, 1.82) is 0 Å². The van der Waals surface area contributed by atoms with E-state index in [0.29, 0.717) is 19.5 Å². The van der Waals surface area contributed by atoms with E-state index >= 15 is 0 Å². The molecular formula is C23H23N3O3. The highest BCUT2D eigenvalue weighted by Gasteiger charge is 2.31. The smallest absolute Gasteiger partial charge is 0.243 e. The van der Waals surface area contributed by atoms with Gasteiger partial charge in [-0.05, 0) is 31.0 Å². The van der Waals surface area contributed by atoms with Crippen LogP contribution in [-0.2, 0) is 9.59 Å². The minimum atomic E-state index is -0.0913. The van der Waals surface area contributed by atoms with Crippen LogP contribution in [0.2, 0.25) is 0 Å². The minimum absolute atomic E-state index is 0.0101. The Morgan fingerprint density at radius 3 is 2.83 bits per heavy atom. The number of fused-ring (bicyclic) bond motifs is 2. The molecule has 2 aliphatic heterocycles. The van der Waals surface area contributed by atoms with E-state index in [2.05, 4.69) is 17.0 Å². The van der Waals surface area contributed by atoms with Crippen LogP contribution in [0.3, 0.4) is 0 Å². The molecule has 1 atom stereocenters. The molecule has 0 bridgehead atoms. The van der Waals surface area contributed by atoms with Crippen molar-refractivity contribution >= 4 is 33.6 Å². The van der Waals surface area contributed by atoms with Crippen LogP contribution in [0.15, 0.2) is 48.5 Å². The maximum atomic E-state index is 12.4. The Morgan fingerprint density at radius 2 is 1.97 bits per heavy atom. The highest BCUT2D eigenvalue weighted by Crippen LogP contribution is 2.29. The summed E-state index contributed by atoms with van der Waals surface area (Å²) in [7, 11) is 0. The molecule has 2 fully saturated rings. The topological polar surface area (TPSA) is 62.7 Å². The third kappa shape index (κ3) is 3.56. The monoisotopic (exact) mass is 389 g/mol. The molecule has 2 aromatic carbocycles. The lowest BCUT2D eigenvalue weighted by Gasteiger charge is -2.20. The Bertz CT molecular complexity index is 1100. The van der Waals surface area contributed by atoms with Gasteiger partial charge in [-0.1, -0.05) is 30.3 Å². The van der Waals surface area contributed by atoms with Gasteiger partial charge in [-0.25, -0.2) is 4.98 Å². The number of hydrogen-bond acceptors (Lipinski definition) is 5. The van der Waals surface area contributed by atoms with Crippen LogP contribution in [0.1, 0.15) is 19.3 Å². The summed E-state index contributed by atoms with van der Waals surface area (Å²) >= 11 is 0. The van der Waals surface area contributed by atoms with E-state index in [1.807, 2.05) is 36.4 Å². The molecular weight excluding hydrogens is 366 g/mol. The van der Waals surface area contributed by atoms with Crippen LogP contribution in [0.5, 0.6) is 5.75 Å². The van der Waals surface area contributed by atoms with Gasteiger partial charge in [-0.15, -0.1) is 0 Å². The third-order valence-corrected chi connectivity index (χ3v) is 5.77. The molecule has 0 spiro atoms. The van der Waals surface area contributed by atoms with Crippen molar-refractivity contribution in [3.63, 3.8) is 0 Å².